The van der Waals surface area contributed by atoms with Crippen LogP contribution in [0.1, 0.15) is 11.4 Å². The van der Waals surface area contributed by atoms with Crippen molar-refractivity contribution in [3.05, 3.63) is 47.0 Å². The number of anilines is 1. The van der Waals surface area contributed by atoms with Crippen LogP contribution in [0.3, 0.4) is 0 Å². The van der Waals surface area contributed by atoms with E-state index >= 15 is 0 Å². The number of hydrogen-bond acceptors (Lipinski definition) is 2. The van der Waals surface area contributed by atoms with Crippen LogP contribution in [0, 0.1) is 6.92 Å². The highest BCUT2D eigenvalue weighted by molar-refractivity contribution is 6.33. The number of aromatic amines is 1. The summed E-state index contributed by atoms with van der Waals surface area (Å²) in [4.78, 5) is 7.14. The Morgan fingerprint density at radius 2 is 2.33 bits per heavy atom. The summed E-state index contributed by atoms with van der Waals surface area (Å²) in [6.45, 7) is 2.66. The van der Waals surface area contributed by atoms with Gasteiger partial charge in [-0.05, 0) is 24.6 Å². The molecular formula is C11H12ClN3. The second-order valence-electron chi connectivity index (χ2n) is 3.37. The monoisotopic (exact) mass is 221 g/mol. The zero-order valence-corrected chi connectivity index (χ0v) is 9.17. The number of halogens is 1. The van der Waals surface area contributed by atoms with Crippen molar-refractivity contribution in [2.75, 3.05) is 5.32 Å². The minimum absolute atomic E-state index is 0.649. The maximum absolute atomic E-state index is 6.08. The summed E-state index contributed by atoms with van der Waals surface area (Å²) < 4.78 is 0. The van der Waals surface area contributed by atoms with Gasteiger partial charge in [0, 0.05) is 12.4 Å². The first kappa shape index (κ1) is 10.1. The van der Waals surface area contributed by atoms with E-state index in [-0.39, 0.29) is 0 Å². The Bertz CT molecular complexity index is 437. The van der Waals surface area contributed by atoms with Gasteiger partial charge in [0.2, 0.25) is 0 Å². The molecule has 2 N–H and O–H groups in total. The Morgan fingerprint density at radius 3 is 3.00 bits per heavy atom. The predicted octanol–water partition coefficient (Wildman–Crippen LogP) is 2.98. The van der Waals surface area contributed by atoms with Crippen LogP contribution in [0.5, 0.6) is 0 Å². The van der Waals surface area contributed by atoms with E-state index in [4.69, 9.17) is 11.6 Å². The second kappa shape index (κ2) is 4.36. The van der Waals surface area contributed by atoms with E-state index in [9.17, 15) is 0 Å². The summed E-state index contributed by atoms with van der Waals surface area (Å²) >= 11 is 6.08. The van der Waals surface area contributed by atoms with Crippen molar-refractivity contribution in [1.29, 1.82) is 0 Å². The number of aryl methyl sites for hydroxylation is 1. The maximum atomic E-state index is 6.08. The molecule has 0 aliphatic heterocycles. The van der Waals surface area contributed by atoms with Gasteiger partial charge in [0.25, 0.3) is 0 Å². The average molecular weight is 222 g/mol. The Kier molecular flexibility index (Phi) is 2.92. The molecule has 0 saturated heterocycles. The third kappa shape index (κ3) is 2.50. The predicted molar refractivity (Wildman–Crippen MR) is 62.1 cm³/mol. The zero-order valence-electron chi connectivity index (χ0n) is 8.42. The highest BCUT2D eigenvalue weighted by atomic mass is 35.5. The van der Waals surface area contributed by atoms with Crippen molar-refractivity contribution in [3.8, 4) is 0 Å². The number of imidazole rings is 1. The van der Waals surface area contributed by atoms with Crippen LogP contribution in [0.25, 0.3) is 0 Å². The molecule has 1 heterocycles. The molecule has 0 spiro atoms. The van der Waals surface area contributed by atoms with Gasteiger partial charge < -0.3 is 10.3 Å². The van der Waals surface area contributed by atoms with E-state index in [1.54, 1.807) is 12.4 Å². The van der Waals surface area contributed by atoms with E-state index in [0.717, 1.165) is 22.1 Å². The number of H-pyrrole nitrogens is 1. The molecule has 0 aliphatic rings. The molecule has 2 aromatic rings. The van der Waals surface area contributed by atoms with Gasteiger partial charge in [-0.3, -0.25) is 0 Å². The van der Waals surface area contributed by atoms with Crippen molar-refractivity contribution in [1.82, 2.24) is 9.97 Å². The molecule has 1 aromatic heterocycles. The largest absolute Gasteiger partial charge is 0.377 e. The average Bonchev–Trinajstić information content (AvgIpc) is 2.69. The van der Waals surface area contributed by atoms with Gasteiger partial charge in [-0.2, -0.15) is 0 Å². The molecule has 4 heteroatoms. The minimum Gasteiger partial charge on any atom is -0.377 e. The van der Waals surface area contributed by atoms with E-state index in [2.05, 4.69) is 15.3 Å². The van der Waals surface area contributed by atoms with Crippen molar-refractivity contribution in [2.24, 2.45) is 0 Å². The lowest BCUT2D eigenvalue weighted by Gasteiger charge is -2.07. The summed E-state index contributed by atoms with van der Waals surface area (Å²) in [6, 6.07) is 5.93. The quantitative estimate of drug-likeness (QED) is 0.837. The highest BCUT2D eigenvalue weighted by Crippen LogP contribution is 2.22. The molecular weight excluding hydrogens is 210 g/mol. The fourth-order valence-electron chi connectivity index (χ4n) is 1.34. The van der Waals surface area contributed by atoms with Crippen molar-refractivity contribution >= 4 is 17.3 Å². The first-order valence-corrected chi connectivity index (χ1v) is 5.12. The molecule has 0 saturated carbocycles. The summed E-state index contributed by atoms with van der Waals surface area (Å²) in [6.07, 6.45) is 3.53. The summed E-state index contributed by atoms with van der Waals surface area (Å²) in [5.41, 5.74) is 2.09. The van der Waals surface area contributed by atoms with Gasteiger partial charge in [-0.25, -0.2) is 4.98 Å². The lowest BCUT2D eigenvalue weighted by atomic mass is 10.2. The van der Waals surface area contributed by atoms with Crippen LogP contribution in [-0.2, 0) is 6.54 Å². The van der Waals surface area contributed by atoms with E-state index < -0.39 is 0 Å². The van der Waals surface area contributed by atoms with Crippen LogP contribution in [0.15, 0.2) is 30.6 Å². The molecule has 0 atom stereocenters. The minimum atomic E-state index is 0.649. The fraction of sp³-hybridized carbons (Fsp3) is 0.182. The zero-order chi connectivity index (χ0) is 10.7. The van der Waals surface area contributed by atoms with E-state index in [1.807, 2.05) is 25.1 Å². The number of rotatable bonds is 3. The SMILES string of the molecule is Cc1ccc(NCc2ncc[nH]2)c(Cl)c1. The maximum Gasteiger partial charge on any atom is 0.125 e. The van der Waals surface area contributed by atoms with E-state index in [1.165, 1.54) is 0 Å². The molecule has 2 rings (SSSR count). The molecule has 78 valence electrons. The van der Waals surface area contributed by atoms with Crippen molar-refractivity contribution in [3.63, 3.8) is 0 Å². The molecule has 0 radical (unpaired) electrons. The van der Waals surface area contributed by atoms with Crippen LogP contribution in [0.4, 0.5) is 5.69 Å². The Balaban J connectivity index is 2.05. The van der Waals surface area contributed by atoms with Crippen LogP contribution < -0.4 is 5.32 Å². The molecule has 0 unspecified atom stereocenters. The highest BCUT2D eigenvalue weighted by Gasteiger charge is 2.00. The number of nitrogens with one attached hydrogen (secondary N) is 2. The third-order valence-electron chi connectivity index (χ3n) is 2.13. The molecule has 15 heavy (non-hydrogen) atoms. The topological polar surface area (TPSA) is 40.7 Å². The van der Waals surface area contributed by atoms with Crippen molar-refractivity contribution in [2.45, 2.75) is 13.5 Å². The van der Waals surface area contributed by atoms with Crippen LogP contribution in [-0.4, -0.2) is 9.97 Å². The second-order valence-corrected chi connectivity index (χ2v) is 3.78. The Labute approximate surface area is 93.5 Å². The fourth-order valence-corrected chi connectivity index (χ4v) is 1.64. The van der Waals surface area contributed by atoms with Gasteiger partial charge >= 0.3 is 0 Å². The molecule has 0 aliphatic carbocycles. The smallest absolute Gasteiger partial charge is 0.125 e. The van der Waals surface area contributed by atoms with Crippen LogP contribution >= 0.6 is 11.6 Å². The molecule has 0 amide bonds. The van der Waals surface area contributed by atoms with E-state index in [0.29, 0.717) is 6.54 Å². The lowest BCUT2D eigenvalue weighted by Crippen LogP contribution is -2.01. The van der Waals surface area contributed by atoms with Gasteiger partial charge in [-0.1, -0.05) is 17.7 Å². The number of benzene rings is 1. The van der Waals surface area contributed by atoms with Gasteiger partial charge in [0.05, 0.1) is 17.3 Å². The number of hydrogen-bond donors (Lipinski definition) is 2. The third-order valence-corrected chi connectivity index (χ3v) is 2.44. The first-order valence-electron chi connectivity index (χ1n) is 4.74. The normalized spacial score (nSPS) is 10.3. The lowest BCUT2D eigenvalue weighted by molar-refractivity contribution is 1.000. The van der Waals surface area contributed by atoms with Gasteiger partial charge in [-0.15, -0.1) is 0 Å². The van der Waals surface area contributed by atoms with Gasteiger partial charge in [0.15, 0.2) is 0 Å². The molecule has 0 bridgehead atoms. The number of aromatic nitrogens is 2. The molecule has 3 nitrogen and oxygen atoms in total. The first-order chi connectivity index (χ1) is 7.25. The van der Waals surface area contributed by atoms with Crippen LogP contribution in [0.2, 0.25) is 5.02 Å². The summed E-state index contributed by atoms with van der Waals surface area (Å²) in [5, 5.41) is 3.95. The Morgan fingerprint density at radius 1 is 1.47 bits per heavy atom. The van der Waals surface area contributed by atoms with Crippen molar-refractivity contribution < 1.29 is 0 Å². The standard InChI is InChI=1S/C11H12ClN3/c1-8-2-3-10(9(12)6-8)15-7-11-13-4-5-14-11/h2-6,15H,7H2,1H3,(H,13,14). The molecule has 0 fully saturated rings. The summed E-state index contributed by atoms with van der Waals surface area (Å²) in [7, 11) is 0. The molecule has 1 aromatic carbocycles. The number of nitrogens with zero attached hydrogens (tertiary/aromatic N) is 1. The van der Waals surface area contributed by atoms with Gasteiger partial charge in [0.1, 0.15) is 5.82 Å². The Hall–Kier alpha value is -1.48. The summed E-state index contributed by atoms with van der Waals surface area (Å²) in [5.74, 6) is 0.895.